The van der Waals surface area contributed by atoms with E-state index in [4.69, 9.17) is 5.11 Å². The highest BCUT2D eigenvalue weighted by atomic mass is 16.3. The first kappa shape index (κ1) is 16.0. The molecule has 0 aromatic carbocycles. The molecule has 0 saturated carbocycles. The third kappa shape index (κ3) is 6.05. The van der Waals surface area contributed by atoms with Crippen LogP contribution in [0.15, 0.2) is 0 Å². The molecule has 0 radical (unpaired) electrons. The van der Waals surface area contributed by atoms with E-state index in [-0.39, 0.29) is 30.4 Å². The summed E-state index contributed by atoms with van der Waals surface area (Å²) < 4.78 is 0. The highest BCUT2D eigenvalue weighted by Crippen LogP contribution is 2.18. The van der Waals surface area contributed by atoms with Crippen LogP contribution >= 0.6 is 0 Å². The standard InChI is InChI=1S/C14H26N2O3/c1-14(2,3)8-12(18)15-9-13(19)16-6-4-11(10-17)5-7-16/h11,17H,4-10H2,1-3H3,(H,15,18). The van der Waals surface area contributed by atoms with Gasteiger partial charge in [0.15, 0.2) is 0 Å². The first-order valence-electron chi connectivity index (χ1n) is 6.97. The van der Waals surface area contributed by atoms with Crippen LogP contribution < -0.4 is 5.32 Å². The van der Waals surface area contributed by atoms with E-state index in [9.17, 15) is 9.59 Å². The topological polar surface area (TPSA) is 69.6 Å². The lowest BCUT2D eigenvalue weighted by Gasteiger charge is -2.31. The molecule has 0 aromatic rings. The molecule has 0 atom stereocenters. The summed E-state index contributed by atoms with van der Waals surface area (Å²) in [6.45, 7) is 7.62. The lowest BCUT2D eigenvalue weighted by atomic mass is 9.92. The lowest BCUT2D eigenvalue weighted by Crippen LogP contribution is -2.44. The van der Waals surface area contributed by atoms with Gasteiger partial charge < -0.3 is 15.3 Å². The number of aliphatic hydroxyl groups is 1. The lowest BCUT2D eigenvalue weighted by molar-refractivity contribution is -0.134. The number of carbonyl (C=O) groups is 2. The molecule has 19 heavy (non-hydrogen) atoms. The highest BCUT2D eigenvalue weighted by Gasteiger charge is 2.23. The predicted octanol–water partition coefficient (Wildman–Crippen LogP) is 0.770. The number of nitrogens with zero attached hydrogens (tertiary/aromatic N) is 1. The Hall–Kier alpha value is -1.10. The van der Waals surface area contributed by atoms with E-state index >= 15 is 0 Å². The summed E-state index contributed by atoms with van der Waals surface area (Å²) >= 11 is 0. The number of amides is 2. The number of likely N-dealkylation sites (tertiary alicyclic amines) is 1. The normalized spacial score (nSPS) is 17.4. The van der Waals surface area contributed by atoms with Crippen LogP contribution in [0.5, 0.6) is 0 Å². The third-order valence-electron chi connectivity index (χ3n) is 3.35. The Labute approximate surface area is 115 Å². The van der Waals surface area contributed by atoms with E-state index in [0.29, 0.717) is 25.4 Å². The van der Waals surface area contributed by atoms with Crippen molar-refractivity contribution in [3.63, 3.8) is 0 Å². The van der Waals surface area contributed by atoms with E-state index in [1.165, 1.54) is 0 Å². The molecule has 0 bridgehead atoms. The summed E-state index contributed by atoms with van der Waals surface area (Å²) in [4.78, 5) is 25.3. The molecule has 2 N–H and O–H groups in total. The van der Waals surface area contributed by atoms with Crippen LogP contribution in [-0.4, -0.2) is 48.1 Å². The van der Waals surface area contributed by atoms with Crippen LogP contribution in [0.2, 0.25) is 0 Å². The van der Waals surface area contributed by atoms with Crippen molar-refractivity contribution in [2.75, 3.05) is 26.2 Å². The Morgan fingerprint density at radius 1 is 1.26 bits per heavy atom. The summed E-state index contributed by atoms with van der Waals surface area (Å²) in [7, 11) is 0. The fraction of sp³-hybridized carbons (Fsp3) is 0.857. The second-order valence-electron chi connectivity index (χ2n) is 6.52. The average molecular weight is 270 g/mol. The Balaban J connectivity index is 2.27. The van der Waals surface area contributed by atoms with Gasteiger partial charge in [0.1, 0.15) is 0 Å². The van der Waals surface area contributed by atoms with Crippen LogP contribution in [0, 0.1) is 11.3 Å². The van der Waals surface area contributed by atoms with Crippen molar-refractivity contribution < 1.29 is 14.7 Å². The Morgan fingerprint density at radius 2 is 1.84 bits per heavy atom. The molecule has 0 spiro atoms. The first-order chi connectivity index (χ1) is 8.81. The van der Waals surface area contributed by atoms with Crippen molar-refractivity contribution in [3.05, 3.63) is 0 Å². The molecular weight excluding hydrogens is 244 g/mol. The number of aliphatic hydroxyl groups excluding tert-OH is 1. The van der Waals surface area contributed by atoms with Gasteiger partial charge in [0.05, 0.1) is 6.54 Å². The van der Waals surface area contributed by atoms with Crippen molar-refractivity contribution >= 4 is 11.8 Å². The second kappa shape index (κ2) is 6.89. The summed E-state index contributed by atoms with van der Waals surface area (Å²) in [5.41, 5.74) is -0.0629. The molecule has 1 fully saturated rings. The minimum atomic E-state index is -0.0777. The van der Waals surface area contributed by atoms with Crippen molar-refractivity contribution in [2.24, 2.45) is 11.3 Å². The maximum Gasteiger partial charge on any atom is 0.241 e. The van der Waals surface area contributed by atoms with Crippen LogP contribution in [0.25, 0.3) is 0 Å². The molecule has 5 nitrogen and oxygen atoms in total. The summed E-state index contributed by atoms with van der Waals surface area (Å²) in [5, 5.41) is 11.7. The maximum absolute atomic E-state index is 11.9. The number of rotatable bonds is 4. The van der Waals surface area contributed by atoms with Gasteiger partial charge in [-0.15, -0.1) is 0 Å². The third-order valence-corrected chi connectivity index (χ3v) is 3.35. The van der Waals surface area contributed by atoms with E-state index in [0.717, 1.165) is 12.8 Å². The summed E-state index contributed by atoms with van der Waals surface area (Å²) in [6, 6.07) is 0. The summed E-state index contributed by atoms with van der Waals surface area (Å²) in [6.07, 6.45) is 2.11. The van der Waals surface area contributed by atoms with Gasteiger partial charge in [-0.05, 0) is 24.2 Å². The zero-order valence-electron chi connectivity index (χ0n) is 12.2. The van der Waals surface area contributed by atoms with Gasteiger partial charge in [0.25, 0.3) is 0 Å². The molecule has 1 aliphatic rings. The van der Waals surface area contributed by atoms with E-state index in [1.54, 1.807) is 4.90 Å². The highest BCUT2D eigenvalue weighted by molar-refractivity contribution is 5.85. The quantitative estimate of drug-likeness (QED) is 0.793. The Kier molecular flexibility index (Phi) is 5.79. The summed E-state index contributed by atoms with van der Waals surface area (Å²) in [5.74, 6) is 0.212. The van der Waals surface area contributed by atoms with Crippen LogP contribution in [-0.2, 0) is 9.59 Å². The molecule has 0 aromatic heterocycles. The zero-order chi connectivity index (χ0) is 14.5. The van der Waals surface area contributed by atoms with Crippen molar-refractivity contribution in [1.29, 1.82) is 0 Å². The minimum absolute atomic E-state index is 0.0290. The molecule has 1 aliphatic heterocycles. The number of carbonyl (C=O) groups excluding carboxylic acids is 2. The monoisotopic (exact) mass is 270 g/mol. The molecule has 0 aliphatic carbocycles. The minimum Gasteiger partial charge on any atom is -0.396 e. The fourth-order valence-electron chi connectivity index (χ4n) is 2.20. The van der Waals surface area contributed by atoms with E-state index in [1.807, 2.05) is 20.8 Å². The Morgan fingerprint density at radius 3 is 2.32 bits per heavy atom. The number of nitrogens with one attached hydrogen (secondary N) is 1. The molecule has 110 valence electrons. The molecule has 5 heteroatoms. The molecule has 0 unspecified atom stereocenters. The van der Waals surface area contributed by atoms with Gasteiger partial charge in [-0.25, -0.2) is 0 Å². The number of piperidine rings is 1. The average Bonchev–Trinajstić information content (AvgIpc) is 2.34. The second-order valence-corrected chi connectivity index (χ2v) is 6.52. The van der Waals surface area contributed by atoms with E-state index < -0.39 is 0 Å². The fourth-order valence-corrected chi connectivity index (χ4v) is 2.20. The van der Waals surface area contributed by atoms with Gasteiger partial charge in [0.2, 0.25) is 11.8 Å². The molecule has 2 amide bonds. The van der Waals surface area contributed by atoms with Gasteiger partial charge in [-0.2, -0.15) is 0 Å². The van der Waals surface area contributed by atoms with Crippen LogP contribution in [0.1, 0.15) is 40.0 Å². The van der Waals surface area contributed by atoms with Crippen molar-refractivity contribution in [2.45, 2.75) is 40.0 Å². The van der Waals surface area contributed by atoms with Crippen molar-refractivity contribution in [3.8, 4) is 0 Å². The zero-order valence-corrected chi connectivity index (χ0v) is 12.2. The molecule has 1 heterocycles. The molecular formula is C14H26N2O3. The molecule has 1 rings (SSSR count). The smallest absolute Gasteiger partial charge is 0.241 e. The van der Waals surface area contributed by atoms with Gasteiger partial charge in [-0.3, -0.25) is 9.59 Å². The SMILES string of the molecule is CC(C)(C)CC(=O)NCC(=O)N1CCC(CO)CC1. The number of hydrogen-bond acceptors (Lipinski definition) is 3. The van der Waals surface area contributed by atoms with Gasteiger partial charge >= 0.3 is 0 Å². The van der Waals surface area contributed by atoms with Crippen LogP contribution in [0.3, 0.4) is 0 Å². The largest absolute Gasteiger partial charge is 0.396 e. The van der Waals surface area contributed by atoms with Crippen molar-refractivity contribution in [1.82, 2.24) is 10.2 Å². The van der Waals surface area contributed by atoms with E-state index in [2.05, 4.69) is 5.32 Å². The molecule has 1 saturated heterocycles. The maximum atomic E-state index is 11.9. The van der Waals surface area contributed by atoms with Gasteiger partial charge in [-0.1, -0.05) is 20.8 Å². The van der Waals surface area contributed by atoms with Gasteiger partial charge in [0, 0.05) is 26.1 Å². The number of hydrogen-bond donors (Lipinski definition) is 2. The first-order valence-corrected chi connectivity index (χ1v) is 6.97. The van der Waals surface area contributed by atoms with Crippen LogP contribution in [0.4, 0.5) is 0 Å². The Bertz CT molecular complexity index is 315. The predicted molar refractivity (Wildman–Crippen MR) is 73.5 cm³/mol.